The van der Waals surface area contributed by atoms with E-state index in [2.05, 4.69) is 10.5 Å². The lowest BCUT2D eigenvalue weighted by molar-refractivity contribution is -0.132. The minimum atomic E-state index is 0.217. The van der Waals surface area contributed by atoms with Crippen molar-refractivity contribution in [2.45, 2.75) is 31.7 Å². The SMILES string of the molecule is CN1CC(NCCCC(N)=NO)CCC1=O. The topological polar surface area (TPSA) is 90.9 Å². The highest BCUT2D eigenvalue weighted by Crippen LogP contribution is 2.09. The van der Waals surface area contributed by atoms with Crippen molar-refractivity contribution in [3.8, 4) is 0 Å². The van der Waals surface area contributed by atoms with Crippen LogP contribution in [0, 0.1) is 0 Å². The van der Waals surface area contributed by atoms with E-state index in [4.69, 9.17) is 10.9 Å². The van der Waals surface area contributed by atoms with E-state index in [-0.39, 0.29) is 11.7 Å². The van der Waals surface area contributed by atoms with Gasteiger partial charge in [0, 0.05) is 32.5 Å². The van der Waals surface area contributed by atoms with Crippen LogP contribution in [0.4, 0.5) is 0 Å². The van der Waals surface area contributed by atoms with E-state index in [1.54, 1.807) is 4.90 Å². The monoisotopic (exact) mass is 228 g/mol. The first kappa shape index (κ1) is 12.8. The standard InChI is InChI=1S/C10H20N4O2/c1-14-7-8(4-5-10(14)15)12-6-2-3-9(11)13-16/h8,12,16H,2-7H2,1H3,(H2,11,13). The van der Waals surface area contributed by atoms with Crippen LogP contribution >= 0.6 is 0 Å². The van der Waals surface area contributed by atoms with Gasteiger partial charge in [0.1, 0.15) is 5.84 Å². The summed E-state index contributed by atoms with van der Waals surface area (Å²) in [6.45, 7) is 1.59. The van der Waals surface area contributed by atoms with Crippen molar-refractivity contribution >= 4 is 11.7 Å². The Hall–Kier alpha value is -1.30. The van der Waals surface area contributed by atoms with Crippen LogP contribution in [-0.2, 0) is 4.79 Å². The minimum absolute atomic E-state index is 0.217. The van der Waals surface area contributed by atoms with Crippen molar-refractivity contribution in [3.05, 3.63) is 0 Å². The maximum atomic E-state index is 11.2. The molecular weight excluding hydrogens is 208 g/mol. The van der Waals surface area contributed by atoms with Gasteiger partial charge in [-0.25, -0.2) is 0 Å². The molecule has 6 heteroatoms. The molecule has 0 aromatic rings. The van der Waals surface area contributed by atoms with E-state index in [0.29, 0.717) is 18.9 Å². The predicted molar refractivity (Wildman–Crippen MR) is 61.3 cm³/mol. The second-order valence-corrected chi connectivity index (χ2v) is 4.16. The summed E-state index contributed by atoms with van der Waals surface area (Å²) in [5.41, 5.74) is 5.35. The summed E-state index contributed by atoms with van der Waals surface area (Å²) in [6, 6.07) is 0.370. The molecule has 1 amide bonds. The average molecular weight is 228 g/mol. The molecule has 0 aliphatic carbocycles. The average Bonchev–Trinajstić information content (AvgIpc) is 2.28. The first-order valence-corrected chi connectivity index (χ1v) is 5.57. The van der Waals surface area contributed by atoms with Crippen molar-refractivity contribution in [2.75, 3.05) is 20.1 Å². The van der Waals surface area contributed by atoms with E-state index in [9.17, 15) is 4.79 Å². The number of carbonyl (C=O) groups excluding carboxylic acids is 1. The van der Waals surface area contributed by atoms with Crippen LogP contribution in [0.5, 0.6) is 0 Å². The number of nitrogens with two attached hydrogens (primary N) is 1. The van der Waals surface area contributed by atoms with Crippen LogP contribution in [0.3, 0.4) is 0 Å². The van der Waals surface area contributed by atoms with Crippen LogP contribution in [0.15, 0.2) is 5.16 Å². The number of amides is 1. The Bertz CT molecular complexity index is 268. The van der Waals surface area contributed by atoms with E-state index in [1.807, 2.05) is 7.05 Å². The van der Waals surface area contributed by atoms with Gasteiger partial charge in [-0.05, 0) is 19.4 Å². The number of nitrogens with one attached hydrogen (secondary N) is 1. The smallest absolute Gasteiger partial charge is 0.222 e. The van der Waals surface area contributed by atoms with Gasteiger partial charge in [0.2, 0.25) is 5.91 Å². The van der Waals surface area contributed by atoms with Gasteiger partial charge in [0.15, 0.2) is 0 Å². The molecule has 4 N–H and O–H groups in total. The first-order chi connectivity index (χ1) is 7.63. The van der Waals surface area contributed by atoms with Crippen LogP contribution < -0.4 is 11.1 Å². The maximum absolute atomic E-state index is 11.2. The molecule has 1 atom stereocenters. The molecule has 1 rings (SSSR count). The summed E-state index contributed by atoms with van der Waals surface area (Å²) in [5, 5.41) is 14.6. The Morgan fingerprint density at radius 3 is 3.12 bits per heavy atom. The van der Waals surface area contributed by atoms with E-state index in [1.165, 1.54) is 0 Å². The number of hydrogen-bond donors (Lipinski definition) is 3. The van der Waals surface area contributed by atoms with E-state index < -0.39 is 0 Å². The molecule has 0 aromatic heterocycles. The lowest BCUT2D eigenvalue weighted by Crippen LogP contribution is -2.46. The fourth-order valence-electron chi connectivity index (χ4n) is 1.80. The van der Waals surface area contributed by atoms with Gasteiger partial charge in [-0.1, -0.05) is 5.16 Å². The fourth-order valence-corrected chi connectivity index (χ4v) is 1.80. The Morgan fingerprint density at radius 1 is 1.75 bits per heavy atom. The number of rotatable bonds is 5. The van der Waals surface area contributed by atoms with Crippen LogP contribution in [0.25, 0.3) is 0 Å². The highest BCUT2D eigenvalue weighted by Gasteiger charge is 2.21. The van der Waals surface area contributed by atoms with Crippen molar-refractivity contribution in [3.63, 3.8) is 0 Å². The number of piperidine rings is 1. The molecule has 0 spiro atoms. The Labute approximate surface area is 95.5 Å². The van der Waals surface area contributed by atoms with Gasteiger partial charge in [0.05, 0.1) is 0 Å². The summed E-state index contributed by atoms with van der Waals surface area (Å²) < 4.78 is 0. The molecule has 1 fully saturated rings. The Kier molecular flexibility index (Phi) is 5.04. The third kappa shape index (κ3) is 4.06. The summed E-state index contributed by atoms with van der Waals surface area (Å²) in [5.74, 6) is 0.479. The zero-order chi connectivity index (χ0) is 12.0. The third-order valence-electron chi connectivity index (χ3n) is 2.80. The van der Waals surface area contributed by atoms with Crippen LogP contribution in [0.2, 0.25) is 0 Å². The van der Waals surface area contributed by atoms with Crippen molar-refractivity contribution in [1.29, 1.82) is 0 Å². The molecule has 6 nitrogen and oxygen atoms in total. The number of likely N-dealkylation sites (tertiary alicyclic amines) is 1. The molecule has 1 heterocycles. The number of amidine groups is 1. The summed E-state index contributed by atoms with van der Waals surface area (Å²) in [7, 11) is 1.83. The highest BCUT2D eigenvalue weighted by molar-refractivity contribution is 5.79. The second kappa shape index (κ2) is 6.32. The largest absolute Gasteiger partial charge is 0.409 e. The minimum Gasteiger partial charge on any atom is -0.409 e. The molecule has 1 aliphatic heterocycles. The zero-order valence-corrected chi connectivity index (χ0v) is 9.65. The van der Waals surface area contributed by atoms with Crippen LogP contribution in [0.1, 0.15) is 25.7 Å². The number of carbonyl (C=O) groups is 1. The third-order valence-corrected chi connectivity index (χ3v) is 2.80. The lowest BCUT2D eigenvalue weighted by atomic mass is 10.1. The zero-order valence-electron chi connectivity index (χ0n) is 9.65. The molecule has 92 valence electrons. The quantitative estimate of drug-likeness (QED) is 0.198. The van der Waals surface area contributed by atoms with E-state index in [0.717, 1.165) is 25.9 Å². The summed E-state index contributed by atoms with van der Waals surface area (Å²) >= 11 is 0. The van der Waals surface area contributed by atoms with E-state index >= 15 is 0 Å². The van der Waals surface area contributed by atoms with Gasteiger partial charge < -0.3 is 21.2 Å². The highest BCUT2D eigenvalue weighted by atomic mass is 16.4. The normalized spacial score (nSPS) is 22.6. The van der Waals surface area contributed by atoms with Crippen molar-refractivity contribution < 1.29 is 10.0 Å². The molecule has 0 bridgehead atoms. The number of hydrogen-bond acceptors (Lipinski definition) is 4. The van der Waals surface area contributed by atoms with Gasteiger partial charge in [-0.15, -0.1) is 0 Å². The molecule has 1 aliphatic rings. The van der Waals surface area contributed by atoms with Crippen LogP contribution in [-0.4, -0.2) is 48.0 Å². The predicted octanol–water partition coefficient (Wildman–Crippen LogP) is -0.277. The molecule has 0 radical (unpaired) electrons. The number of likely N-dealkylation sites (N-methyl/N-ethyl adjacent to an activating group) is 1. The second-order valence-electron chi connectivity index (χ2n) is 4.16. The molecular formula is C10H20N4O2. The molecule has 1 saturated heterocycles. The first-order valence-electron chi connectivity index (χ1n) is 5.57. The Balaban J connectivity index is 2.12. The molecule has 0 saturated carbocycles. The molecule has 1 unspecified atom stereocenters. The molecule has 0 aromatic carbocycles. The lowest BCUT2D eigenvalue weighted by Gasteiger charge is -2.30. The number of nitrogens with zero attached hydrogens (tertiary/aromatic N) is 2. The fraction of sp³-hybridized carbons (Fsp3) is 0.800. The van der Waals surface area contributed by atoms with Gasteiger partial charge in [-0.3, -0.25) is 4.79 Å². The molecule has 16 heavy (non-hydrogen) atoms. The number of oxime groups is 1. The van der Waals surface area contributed by atoms with Gasteiger partial charge >= 0.3 is 0 Å². The summed E-state index contributed by atoms with van der Waals surface area (Å²) in [6.07, 6.45) is 2.94. The summed E-state index contributed by atoms with van der Waals surface area (Å²) in [4.78, 5) is 13.0. The van der Waals surface area contributed by atoms with Gasteiger partial charge in [-0.2, -0.15) is 0 Å². The van der Waals surface area contributed by atoms with Crippen molar-refractivity contribution in [2.24, 2.45) is 10.9 Å². The Morgan fingerprint density at radius 2 is 2.50 bits per heavy atom. The van der Waals surface area contributed by atoms with Gasteiger partial charge in [0.25, 0.3) is 0 Å². The maximum Gasteiger partial charge on any atom is 0.222 e. The van der Waals surface area contributed by atoms with Crippen molar-refractivity contribution in [1.82, 2.24) is 10.2 Å².